The number of rotatable bonds is 8. The van der Waals surface area contributed by atoms with E-state index in [4.69, 9.17) is 11.6 Å². The van der Waals surface area contributed by atoms with Gasteiger partial charge in [0, 0.05) is 11.6 Å². The fourth-order valence-electron chi connectivity index (χ4n) is 2.20. The molecule has 0 radical (unpaired) electrons. The molecular weight excluding hydrogens is 272 g/mol. The Kier molecular flexibility index (Phi) is 7.24. The van der Waals surface area contributed by atoms with E-state index in [1.54, 1.807) is 0 Å². The molecule has 0 bridgehead atoms. The number of aromatic nitrogens is 2. The molecule has 0 aliphatic rings. The number of hydrogen-bond acceptors (Lipinski definition) is 4. The summed E-state index contributed by atoms with van der Waals surface area (Å²) in [6.07, 6.45) is 2.31. The van der Waals surface area contributed by atoms with Gasteiger partial charge in [0.15, 0.2) is 0 Å². The maximum Gasteiger partial charge on any atom is 0.137 e. The van der Waals surface area contributed by atoms with E-state index in [0.717, 1.165) is 37.4 Å². The highest BCUT2D eigenvalue weighted by Gasteiger charge is 2.10. The summed E-state index contributed by atoms with van der Waals surface area (Å²) in [5.41, 5.74) is 0.924. The summed E-state index contributed by atoms with van der Waals surface area (Å²) in [7, 11) is 0. The average Bonchev–Trinajstić information content (AvgIpc) is 2.40. The summed E-state index contributed by atoms with van der Waals surface area (Å²) in [4.78, 5) is 11.0. The fourth-order valence-corrected chi connectivity index (χ4v) is 2.41. The van der Waals surface area contributed by atoms with Gasteiger partial charge in [-0.25, -0.2) is 9.97 Å². The highest BCUT2D eigenvalue weighted by Crippen LogP contribution is 2.20. The molecule has 1 heterocycles. The predicted octanol–water partition coefficient (Wildman–Crippen LogP) is 3.67. The van der Waals surface area contributed by atoms with E-state index in [-0.39, 0.29) is 0 Å². The van der Waals surface area contributed by atoms with Crippen molar-refractivity contribution in [1.82, 2.24) is 14.9 Å². The summed E-state index contributed by atoms with van der Waals surface area (Å²) in [6.45, 7) is 13.8. The van der Waals surface area contributed by atoms with Crippen LogP contribution in [0.25, 0.3) is 0 Å². The lowest BCUT2D eigenvalue weighted by Gasteiger charge is -2.20. The predicted molar refractivity (Wildman–Crippen MR) is 86.6 cm³/mol. The first kappa shape index (κ1) is 17.2. The van der Waals surface area contributed by atoms with Crippen molar-refractivity contribution in [3.05, 3.63) is 16.5 Å². The molecule has 1 aromatic rings. The fraction of sp³-hybridized carbons (Fsp3) is 0.733. The van der Waals surface area contributed by atoms with Crippen LogP contribution in [0.15, 0.2) is 0 Å². The second kappa shape index (κ2) is 8.42. The number of anilines is 1. The van der Waals surface area contributed by atoms with Crippen molar-refractivity contribution in [3.63, 3.8) is 0 Å². The summed E-state index contributed by atoms with van der Waals surface area (Å²) in [6, 6.07) is 0.384. The van der Waals surface area contributed by atoms with Crippen molar-refractivity contribution in [2.45, 2.75) is 53.5 Å². The zero-order chi connectivity index (χ0) is 15.1. The normalized spacial score (nSPS) is 12.8. The summed E-state index contributed by atoms with van der Waals surface area (Å²) in [5, 5.41) is 3.98. The molecule has 4 nitrogen and oxygen atoms in total. The maximum atomic E-state index is 6.09. The molecule has 0 aliphatic carbocycles. The van der Waals surface area contributed by atoms with E-state index in [1.807, 2.05) is 13.8 Å². The molecule has 1 N–H and O–H groups in total. The number of aryl methyl sites for hydroxylation is 1. The smallest absolute Gasteiger partial charge is 0.137 e. The summed E-state index contributed by atoms with van der Waals surface area (Å²) >= 11 is 6.09. The molecule has 0 aromatic carbocycles. The lowest BCUT2D eigenvalue weighted by molar-refractivity contribution is 0.295. The van der Waals surface area contributed by atoms with Gasteiger partial charge in [-0.1, -0.05) is 25.4 Å². The highest BCUT2D eigenvalue weighted by molar-refractivity contribution is 6.30. The van der Waals surface area contributed by atoms with E-state index >= 15 is 0 Å². The van der Waals surface area contributed by atoms with Gasteiger partial charge in [-0.3, -0.25) is 0 Å². The largest absolute Gasteiger partial charge is 0.367 e. The SMILES string of the molecule is CCN(CC)CCCC(C)Nc1nc(C)nc(Cl)c1C. The van der Waals surface area contributed by atoms with Gasteiger partial charge in [0.1, 0.15) is 16.8 Å². The topological polar surface area (TPSA) is 41.0 Å². The minimum Gasteiger partial charge on any atom is -0.367 e. The third kappa shape index (κ3) is 5.25. The van der Waals surface area contributed by atoms with Crippen molar-refractivity contribution in [2.75, 3.05) is 25.0 Å². The van der Waals surface area contributed by atoms with Gasteiger partial charge in [-0.05, 0) is 53.2 Å². The van der Waals surface area contributed by atoms with Crippen LogP contribution in [0.4, 0.5) is 5.82 Å². The molecule has 0 saturated carbocycles. The van der Waals surface area contributed by atoms with Gasteiger partial charge in [-0.2, -0.15) is 0 Å². The van der Waals surface area contributed by atoms with Crippen LogP contribution in [-0.2, 0) is 0 Å². The second-order valence-electron chi connectivity index (χ2n) is 5.25. The van der Waals surface area contributed by atoms with Gasteiger partial charge in [0.2, 0.25) is 0 Å². The van der Waals surface area contributed by atoms with Crippen molar-refractivity contribution >= 4 is 17.4 Å². The molecule has 1 unspecified atom stereocenters. The molecule has 0 fully saturated rings. The Morgan fingerprint density at radius 3 is 2.45 bits per heavy atom. The first-order chi connectivity index (χ1) is 9.47. The van der Waals surface area contributed by atoms with Crippen LogP contribution in [0.3, 0.4) is 0 Å². The van der Waals surface area contributed by atoms with E-state index in [1.165, 1.54) is 6.42 Å². The van der Waals surface area contributed by atoms with Gasteiger partial charge in [0.25, 0.3) is 0 Å². The number of nitrogens with zero attached hydrogens (tertiary/aromatic N) is 3. The van der Waals surface area contributed by atoms with Crippen molar-refractivity contribution in [1.29, 1.82) is 0 Å². The Morgan fingerprint density at radius 2 is 1.85 bits per heavy atom. The third-order valence-corrected chi connectivity index (χ3v) is 3.96. The van der Waals surface area contributed by atoms with E-state index < -0.39 is 0 Å². The van der Waals surface area contributed by atoms with Crippen LogP contribution in [0.2, 0.25) is 5.15 Å². The second-order valence-corrected chi connectivity index (χ2v) is 5.61. The minimum absolute atomic E-state index is 0.384. The quantitative estimate of drug-likeness (QED) is 0.744. The van der Waals surface area contributed by atoms with Gasteiger partial charge in [-0.15, -0.1) is 0 Å². The average molecular weight is 299 g/mol. The van der Waals surface area contributed by atoms with Crippen molar-refractivity contribution in [2.24, 2.45) is 0 Å². The van der Waals surface area contributed by atoms with E-state index in [2.05, 4.69) is 41.0 Å². The molecule has 114 valence electrons. The highest BCUT2D eigenvalue weighted by atomic mass is 35.5. The molecule has 0 amide bonds. The van der Waals surface area contributed by atoms with Crippen LogP contribution in [0.1, 0.15) is 45.0 Å². The lowest BCUT2D eigenvalue weighted by Crippen LogP contribution is -2.26. The van der Waals surface area contributed by atoms with Crippen LogP contribution in [0.5, 0.6) is 0 Å². The number of nitrogens with one attached hydrogen (secondary N) is 1. The first-order valence-electron chi connectivity index (χ1n) is 7.47. The third-order valence-electron chi connectivity index (χ3n) is 3.59. The van der Waals surface area contributed by atoms with Gasteiger partial charge < -0.3 is 10.2 Å². The van der Waals surface area contributed by atoms with Crippen molar-refractivity contribution < 1.29 is 0 Å². The van der Waals surface area contributed by atoms with E-state index in [9.17, 15) is 0 Å². The summed E-state index contributed by atoms with van der Waals surface area (Å²) in [5.74, 6) is 1.57. The molecule has 0 saturated heterocycles. The molecule has 5 heteroatoms. The maximum absolute atomic E-state index is 6.09. The molecule has 1 rings (SSSR count). The van der Waals surface area contributed by atoms with Crippen LogP contribution in [-0.4, -0.2) is 40.5 Å². The van der Waals surface area contributed by atoms with E-state index in [0.29, 0.717) is 17.0 Å². The Labute approximate surface area is 127 Å². The Hall–Kier alpha value is -0.870. The summed E-state index contributed by atoms with van der Waals surface area (Å²) < 4.78 is 0. The monoisotopic (exact) mass is 298 g/mol. The zero-order valence-electron chi connectivity index (χ0n) is 13.3. The van der Waals surface area contributed by atoms with Crippen LogP contribution >= 0.6 is 11.6 Å². The number of hydrogen-bond donors (Lipinski definition) is 1. The zero-order valence-corrected chi connectivity index (χ0v) is 14.1. The Morgan fingerprint density at radius 1 is 1.20 bits per heavy atom. The van der Waals surface area contributed by atoms with Gasteiger partial charge in [0.05, 0.1) is 0 Å². The van der Waals surface area contributed by atoms with Crippen LogP contribution < -0.4 is 5.32 Å². The molecule has 0 spiro atoms. The standard InChI is InChI=1S/C15H27ClN4/c1-6-20(7-2)10-8-9-11(3)17-15-12(4)14(16)18-13(5)19-15/h11H,6-10H2,1-5H3,(H,17,18,19). The molecular formula is C15H27ClN4. The van der Waals surface area contributed by atoms with Crippen LogP contribution in [0, 0.1) is 13.8 Å². The Bertz CT molecular complexity index is 419. The van der Waals surface area contributed by atoms with Crippen molar-refractivity contribution in [3.8, 4) is 0 Å². The molecule has 1 aromatic heterocycles. The van der Waals surface area contributed by atoms with Gasteiger partial charge >= 0.3 is 0 Å². The lowest BCUT2D eigenvalue weighted by atomic mass is 10.1. The molecule has 1 atom stereocenters. The molecule has 20 heavy (non-hydrogen) atoms. The minimum atomic E-state index is 0.384. The number of halogens is 1. The Balaban J connectivity index is 2.48. The first-order valence-corrected chi connectivity index (χ1v) is 7.85. The molecule has 0 aliphatic heterocycles.